The molecule has 0 spiro atoms. The molecule has 1 aromatic heterocycles. The maximum absolute atomic E-state index is 4.30. The second-order valence-electron chi connectivity index (χ2n) is 4.44. The molecule has 0 aliphatic heterocycles. The molecule has 1 rings (SSSR count). The highest BCUT2D eigenvalue weighted by atomic mass is 15.1. The normalized spacial score (nSPS) is 11.6. The maximum atomic E-state index is 4.30. The summed E-state index contributed by atoms with van der Waals surface area (Å²) in [6.07, 6.45) is 4.99. The van der Waals surface area contributed by atoms with Crippen LogP contribution in [0.3, 0.4) is 0 Å². The van der Waals surface area contributed by atoms with E-state index in [0.29, 0.717) is 0 Å². The van der Waals surface area contributed by atoms with Crippen LogP contribution < -0.4 is 0 Å². The number of imidazole rings is 1. The first-order valence-electron chi connectivity index (χ1n) is 5.23. The minimum absolute atomic E-state index is 0.740. The van der Waals surface area contributed by atoms with Gasteiger partial charge in [0.05, 0.1) is 12.0 Å². The van der Waals surface area contributed by atoms with E-state index in [0.717, 1.165) is 25.4 Å². The predicted molar refractivity (Wildman–Crippen MR) is 59.2 cm³/mol. The van der Waals surface area contributed by atoms with Crippen molar-refractivity contribution in [2.45, 2.75) is 20.3 Å². The van der Waals surface area contributed by atoms with Gasteiger partial charge in [-0.05, 0) is 13.0 Å². The number of aryl methyl sites for hydroxylation is 1. The van der Waals surface area contributed by atoms with Crippen molar-refractivity contribution < 1.29 is 0 Å². The lowest BCUT2D eigenvalue weighted by molar-refractivity contribution is 0.298. The highest BCUT2D eigenvalue weighted by Crippen LogP contribution is 2.00. The van der Waals surface area contributed by atoms with Crippen molar-refractivity contribution in [1.82, 2.24) is 14.5 Å². The highest BCUT2D eigenvalue weighted by Gasteiger charge is 2.03. The van der Waals surface area contributed by atoms with Gasteiger partial charge in [0.2, 0.25) is 0 Å². The van der Waals surface area contributed by atoms with Crippen molar-refractivity contribution in [3.63, 3.8) is 0 Å². The van der Waals surface area contributed by atoms with E-state index in [4.69, 9.17) is 0 Å². The molecule has 0 saturated heterocycles. The summed E-state index contributed by atoms with van der Waals surface area (Å²) in [7, 11) is 4.18. The number of nitrogens with zero attached hydrogens (tertiary/aromatic N) is 3. The van der Waals surface area contributed by atoms with Crippen LogP contribution >= 0.6 is 0 Å². The van der Waals surface area contributed by atoms with E-state index >= 15 is 0 Å². The van der Waals surface area contributed by atoms with Crippen LogP contribution in [0, 0.1) is 5.92 Å². The molecule has 14 heavy (non-hydrogen) atoms. The molecule has 0 radical (unpaired) electrons. The molecule has 0 bridgehead atoms. The van der Waals surface area contributed by atoms with E-state index in [1.807, 2.05) is 17.9 Å². The minimum Gasteiger partial charge on any atom is -0.340 e. The largest absolute Gasteiger partial charge is 0.340 e. The summed E-state index contributed by atoms with van der Waals surface area (Å²) in [5.41, 5.74) is 1.18. The Balaban J connectivity index is 2.26. The van der Waals surface area contributed by atoms with E-state index < -0.39 is 0 Å². The summed E-state index contributed by atoms with van der Waals surface area (Å²) >= 11 is 0. The molecule has 0 N–H and O–H groups in total. The lowest BCUT2D eigenvalue weighted by Crippen LogP contribution is -2.25. The van der Waals surface area contributed by atoms with Gasteiger partial charge >= 0.3 is 0 Å². The number of hydrogen-bond donors (Lipinski definition) is 0. The molecule has 0 aliphatic carbocycles. The molecule has 1 aromatic rings. The van der Waals surface area contributed by atoms with Crippen LogP contribution in [0.15, 0.2) is 12.5 Å². The molecule has 0 saturated carbocycles. The fourth-order valence-electron chi connectivity index (χ4n) is 1.62. The van der Waals surface area contributed by atoms with Crippen molar-refractivity contribution in [2.75, 3.05) is 20.1 Å². The van der Waals surface area contributed by atoms with Crippen LogP contribution in [0.25, 0.3) is 0 Å². The second kappa shape index (κ2) is 5.15. The highest BCUT2D eigenvalue weighted by molar-refractivity contribution is 4.96. The molecule has 0 aliphatic rings. The van der Waals surface area contributed by atoms with E-state index in [-0.39, 0.29) is 0 Å². The molecule has 80 valence electrons. The van der Waals surface area contributed by atoms with Gasteiger partial charge in [0.15, 0.2) is 0 Å². The summed E-state index contributed by atoms with van der Waals surface area (Å²) in [6, 6.07) is 0. The average Bonchev–Trinajstić information content (AvgIpc) is 2.47. The van der Waals surface area contributed by atoms with Crippen LogP contribution in [0.2, 0.25) is 0 Å². The zero-order chi connectivity index (χ0) is 10.6. The first kappa shape index (κ1) is 11.2. The smallest absolute Gasteiger partial charge is 0.0946 e. The second-order valence-corrected chi connectivity index (χ2v) is 4.44. The van der Waals surface area contributed by atoms with E-state index in [9.17, 15) is 0 Å². The molecule has 1 heterocycles. The van der Waals surface area contributed by atoms with Crippen molar-refractivity contribution >= 4 is 0 Å². The molecular weight excluding hydrogens is 174 g/mol. The van der Waals surface area contributed by atoms with Gasteiger partial charge in [0, 0.05) is 32.8 Å². The third-order valence-corrected chi connectivity index (χ3v) is 2.18. The van der Waals surface area contributed by atoms with Gasteiger partial charge in [-0.15, -0.1) is 0 Å². The summed E-state index contributed by atoms with van der Waals surface area (Å²) in [5, 5.41) is 0. The summed E-state index contributed by atoms with van der Waals surface area (Å²) < 4.78 is 2.00. The van der Waals surface area contributed by atoms with Gasteiger partial charge in [0.25, 0.3) is 0 Å². The molecule has 0 amide bonds. The van der Waals surface area contributed by atoms with Gasteiger partial charge < -0.3 is 9.47 Å². The topological polar surface area (TPSA) is 21.1 Å². The number of rotatable bonds is 5. The van der Waals surface area contributed by atoms with Gasteiger partial charge in [0.1, 0.15) is 0 Å². The third-order valence-electron chi connectivity index (χ3n) is 2.18. The van der Waals surface area contributed by atoms with Crippen LogP contribution in [0.5, 0.6) is 0 Å². The average molecular weight is 195 g/mol. The Bertz CT molecular complexity index is 265. The van der Waals surface area contributed by atoms with Crippen molar-refractivity contribution in [3.05, 3.63) is 18.2 Å². The van der Waals surface area contributed by atoms with Crippen LogP contribution in [-0.4, -0.2) is 34.6 Å². The van der Waals surface area contributed by atoms with Gasteiger partial charge in [-0.2, -0.15) is 0 Å². The van der Waals surface area contributed by atoms with Gasteiger partial charge in [-0.3, -0.25) is 0 Å². The predicted octanol–water partition coefficient (Wildman–Crippen LogP) is 1.55. The standard InChI is InChI=1S/C11H21N3/c1-10(2)7-13(3)6-5-11-8-14(4)9-12-11/h8-10H,5-7H2,1-4H3. The van der Waals surface area contributed by atoms with Crippen molar-refractivity contribution in [3.8, 4) is 0 Å². The number of likely N-dealkylation sites (N-methyl/N-ethyl adjacent to an activating group) is 1. The Labute approximate surface area is 86.7 Å². The fraction of sp³-hybridized carbons (Fsp3) is 0.727. The van der Waals surface area contributed by atoms with Crippen molar-refractivity contribution in [2.24, 2.45) is 13.0 Å². The SMILES string of the molecule is CC(C)CN(C)CCc1cn(C)cn1. The molecule has 3 nitrogen and oxygen atoms in total. The summed E-state index contributed by atoms with van der Waals surface area (Å²) in [5.74, 6) is 0.740. The quantitative estimate of drug-likeness (QED) is 0.711. The van der Waals surface area contributed by atoms with Crippen molar-refractivity contribution in [1.29, 1.82) is 0 Å². The Hall–Kier alpha value is -0.830. The molecule has 0 unspecified atom stereocenters. The van der Waals surface area contributed by atoms with Gasteiger partial charge in [-0.25, -0.2) is 4.98 Å². The molecular formula is C11H21N3. The Morgan fingerprint density at radius 3 is 2.71 bits per heavy atom. The molecule has 0 aromatic carbocycles. The fourth-order valence-corrected chi connectivity index (χ4v) is 1.62. The van der Waals surface area contributed by atoms with E-state index in [1.165, 1.54) is 5.69 Å². The number of hydrogen-bond acceptors (Lipinski definition) is 2. The van der Waals surface area contributed by atoms with E-state index in [1.54, 1.807) is 0 Å². The summed E-state index contributed by atoms with van der Waals surface area (Å²) in [6.45, 7) is 6.75. The van der Waals surface area contributed by atoms with Crippen LogP contribution in [-0.2, 0) is 13.5 Å². The van der Waals surface area contributed by atoms with Crippen LogP contribution in [0.4, 0.5) is 0 Å². The zero-order valence-electron chi connectivity index (χ0n) is 9.70. The van der Waals surface area contributed by atoms with Gasteiger partial charge in [-0.1, -0.05) is 13.8 Å². The van der Waals surface area contributed by atoms with E-state index in [2.05, 4.69) is 37.0 Å². The summed E-state index contributed by atoms with van der Waals surface area (Å²) in [4.78, 5) is 6.66. The first-order chi connectivity index (χ1) is 6.58. The molecule has 0 fully saturated rings. The molecule has 0 atom stereocenters. The Morgan fingerprint density at radius 1 is 1.50 bits per heavy atom. The maximum Gasteiger partial charge on any atom is 0.0946 e. The van der Waals surface area contributed by atoms with Crippen LogP contribution in [0.1, 0.15) is 19.5 Å². The Kier molecular flexibility index (Phi) is 4.14. The number of aromatic nitrogens is 2. The molecule has 3 heteroatoms. The Morgan fingerprint density at radius 2 is 2.21 bits per heavy atom. The zero-order valence-corrected chi connectivity index (χ0v) is 9.70. The monoisotopic (exact) mass is 195 g/mol. The minimum atomic E-state index is 0.740. The lowest BCUT2D eigenvalue weighted by Gasteiger charge is -2.17. The lowest BCUT2D eigenvalue weighted by atomic mass is 10.2. The first-order valence-corrected chi connectivity index (χ1v) is 5.23. The third kappa shape index (κ3) is 3.92.